The molecule has 0 aliphatic heterocycles. The Morgan fingerprint density at radius 3 is 1.23 bits per heavy atom. The molecule has 0 N–H and O–H groups in total. The van der Waals surface area contributed by atoms with Gasteiger partial charge >= 0.3 is 0 Å². The third kappa shape index (κ3) is 5.33. The number of methoxy groups -OCH3 is 4. The highest BCUT2D eigenvalue weighted by molar-refractivity contribution is 5.48. The molecule has 0 fully saturated rings. The molecule has 0 spiro atoms. The minimum Gasteiger partial charge on any atom is -0.493 e. The maximum absolute atomic E-state index is 10.4. The normalized spacial score (nSPS) is 14.4. The van der Waals surface area contributed by atoms with E-state index in [-0.39, 0.29) is 11.8 Å². The van der Waals surface area contributed by atoms with Gasteiger partial charge in [0.1, 0.15) is 0 Å². The zero-order valence-corrected chi connectivity index (χ0v) is 22.3. The van der Waals surface area contributed by atoms with Gasteiger partial charge in [-0.3, -0.25) is 0 Å². The summed E-state index contributed by atoms with van der Waals surface area (Å²) in [4.78, 5) is 0. The number of hydrogen-bond donors (Lipinski definition) is 0. The van der Waals surface area contributed by atoms with Gasteiger partial charge in [-0.1, -0.05) is 39.8 Å². The molecule has 0 aliphatic carbocycles. The van der Waals surface area contributed by atoms with Crippen molar-refractivity contribution in [1.82, 2.24) is 0 Å². The Bertz CT molecular complexity index is 998. The Hall–Kier alpha value is -3.38. The summed E-state index contributed by atoms with van der Waals surface area (Å²) in [5.41, 5.74) is 0.335. The van der Waals surface area contributed by atoms with Crippen LogP contribution in [0.5, 0.6) is 23.0 Å². The van der Waals surface area contributed by atoms with Crippen LogP contribution < -0.4 is 18.9 Å². The second kappa shape index (κ2) is 11.8. The van der Waals surface area contributed by atoms with E-state index in [0.29, 0.717) is 42.3 Å². The van der Waals surface area contributed by atoms with Crippen molar-refractivity contribution in [3.8, 4) is 35.1 Å². The molecule has 0 aliphatic rings. The van der Waals surface area contributed by atoms with Gasteiger partial charge in [0.05, 0.1) is 51.4 Å². The van der Waals surface area contributed by atoms with Gasteiger partial charge in [-0.25, -0.2) is 0 Å². The molecule has 35 heavy (non-hydrogen) atoms. The maximum Gasteiger partial charge on any atom is 0.161 e. The fraction of sp³-hybridized carbons (Fsp3) is 0.517. The lowest BCUT2D eigenvalue weighted by atomic mass is 9.65. The summed E-state index contributed by atoms with van der Waals surface area (Å²) in [6.07, 6.45) is 1.92. The lowest BCUT2D eigenvalue weighted by molar-refractivity contribution is 0.305. The Balaban J connectivity index is 2.44. The first kappa shape index (κ1) is 27.9. The molecule has 188 valence electrons. The van der Waals surface area contributed by atoms with E-state index in [9.17, 15) is 10.5 Å². The van der Waals surface area contributed by atoms with Crippen LogP contribution in [0.25, 0.3) is 0 Å². The number of nitrogens with zero attached hydrogens (tertiary/aromatic N) is 2. The standard InChI is InChI=1S/C29H38N2O4/c1-20(2)28(18-30,22-10-12-24(32-5)26(16-22)34-7)14-9-15-29(19-31,21(3)4)23-11-13-25(33-6)27(17-23)35-8/h10-13,16-17,20-21H,9,14-15H2,1-8H3. The summed E-state index contributed by atoms with van der Waals surface area (Å²) in [5, 5.41) is 20.8. The van der Waals surface area contributed by atoms with Gasteiger partial charge in [0, 0.05) is 0 Å². The lowest BCUT2D eigenvalue weighted by Gasteiger charge is -2.35. The fourth-order valence-electron chi connectivity index (χ4n) is 4.91. The van der Waals surface area contributed by atoms with Crippen LogP contribution in [0.3, 0.4) is 0 Å². The molecule has 0 bridgehead atoms. The van der Waals surface area contributed by atoms with Gasteiger partial charge in [-0.05, 0) is 66.5 Å². The number of nitriles is 2. The highest BCUT2D eigenvalue weighted by Gasteiger charge is 2.40. The summed E-state index contributed by atoms with van der Waals surface area (Å²) in [5.74, 6) is 2.57. The van der Waals surface area contributed by atoms with Gasteiger partial charge in [0.2, 0.25) is 0 Å². The van der Waals surface area contributed by atoms with E-state index in [4.69, 9.17) is 18.9 Å². The maximum atomic E-state index is 10.4. The molecule has 6 nitrogen and oxygen atoms in total. The number of rotatable bonds is 12. The molecule has 0 aromatic heterocycles. The summed E-state index contributed by atoms with van der Waals surface area (Å²) < 4.78 is 21.8. The number of ether oxygens (including phenoxy) is 4. The molecule has 0 amide bonds. The molecular formula is C29H38N2O4. The van der Waals surface area contributed by atoms with Crippen molar-refractivity contribution in [1.29, 1.82) is 10.5 Å². The van der Waals surface area contributed by atoms with Gasteiger partial charge < -0.3 is 18.9 Å². The molecule has 6 heteroatoms. The second-order valence-corrected chi connectivity index (χ2v) is 9.47. The van der Waals surface area contributed by atoms with Crippen molar-refractivity contribution >= 4 is 0 Å². The van der Waals surface area contributed by atoms with Crippen molar-refractivity contribution in [2.45, 2.75) is 57.8 Å². The van der Waals surface area contributed by atoms with Crippen LogP contribution in [0, 0.1) is 34.5 Å². The molecule has 2 atom stereocenters. The van der Waals surface area contributed by atoms with Crippen molar-refractivity contribution in [2.24, 2.45) is 11.8 Å². The molecule has 0 heterocycles. The smallest absolute Gasteiger partial charge is 0.161 e. The average molecular weight is 479 g/mol. The average Bonchev–Trinajstić information content (AvgIpc) is 2.88. The first-order valence-corrected chi connectivity index (χ1v) is 12.0. The first-order chi connectivity index (χ1) is 16.7. The van der Waals surface area contributed by atoms with Gasteiger partial charge in [0.15, 0.2) is 23.0 Å². The quantitative estimate of drug-likeness (QED) is 0.350. The first-order valence-electron chi connectivity index (χ1n) is 12.0. The van der Waals surface area contributed by atoms with Crippen LogP contribution in [0.1, 0.15) is 58.1 Å². The minimum atomic E-state index is -0.727. The summed E-state index contributed by atoms with van der Waals surface area (Å²) in [6.45, 7) is 8.25. The topological polar surface area (TPSA) is 84.5 Å². The van der Waals surface area contributed by atoms with Crippen LogP contribution in [-0.4, -0.2) is 28.4 Å². The van der Waals surface area contributed by atoms with Gasteiger partial charge in [0.25, 0.3) is 0 Å². The minimum absolute atomic E-state index is 0.0576. The van der Waals surface area contributed by atoms with E-state index in [1.165, 1.54) is 0 Å². The molecule has 2 rings (SSSR count). The molecule has 0 saturated heterocycles. The second-order valence-electron chi connectivity index (χ2n) is 9.47. The Morgan fingerprint density at radius 2 is 0.971 bits per heavy atom. The number of benzene rings is 2. The van der Waals surface area contributed by atoms with E-state index < -0.39 is 10.8 Å². The predicted octanol–water partition coefficient (Wildman–Crippen LogP) is 6.43. The van der Waals surface area contributed by atoms with Gasteiger partial charge in [-0.15, -0.1) is 0 Å². The highest BCUT2D eigenvalue weighted by Crippen LogP contribution is 2.44. The van der Waals surface area contributed by atoms with E-state index >= 15 is 0 Å². The van der Waals surface area contributed by atoms with Gasteiger partial charge in [-0.2, -0.15) is 10.5 Å². The SMILES string of the molecule is COc1ccc(C(C#N)(CCCC(C#N)(c2ccc(OC)c(OC)c2)C(C)C)C(C)C)cc1OC. The molecule has 0 radical (unpaired) electrons. The van der Waals surface area contributed by atoms with E-state index in [0.717, 1.165) is 11.1 Å². The molecule has 2 unspecified atom stereocenters. The third-order valence-electron chi connectivity index (χ3n) is 7.31. The zero-order valence-electron chi connectivity index (χ0n) is 22.3. The predicted molar refractivity (Wildman–Crippen MR) is 137 cm³/mol. The number of hydrogen-bond acceptors (Lipinski definition) is 6. The van der Waals surface area contributed by atoms with Crippen LogP contribution >= 0.6 is 0 Å². The summed E-state index contributed by atoms with van der Waals surface area (Å²) in [7, 11) is 6.38. The Kier molecular flexibility index (Phi) is 9.43. The molecular weight excluding hydrogens is 440 g/mol. The highest BCUT2D eigenvalue weighted by atomic mass is 16.5. The summed E-state index contributed by atoms with van der Waals surface area (Å²) in [6, 6.07) is 16.6. The van der Waals surface area contributed by atoms with Crippen molar-refractivity contribution in [3.05, 3.63) is 47.5 Å². The van der Waals surface area contributed by atoms with Crippen molar-refractivity contribution < 1.29 is 18.9 Å². The van der Waals surface area contributed by atoms with Crippen LogP contribution in [0.4, 0.5) is 0 Å². The van der Waals surface area contributed by atoms with E-state index in [2.05, 4.69) is 39.8 Å². The monoisotopic (exact) mass is 478 g/mol. The third-order valence-corrected chi connectivity index (χ3v) is 7.31. The Morgan fingerprint density at radius 1 is 0.629 bits per heavy atom. The fourth-order valence-corrected chi connectivity index (χ4v) is 4.91. The zero-order chi connectivity index (χ0) is 26.2. The summed E-state index contributed by atoms with van der Waals surface area (Å²) >= 11 is 0. The Labute approximate surface area is 210 Å². The molecule has 0 saturated carbocycles. The molecule has 2 aromatic carbocycles. The van der Waals surface area contributed by atoms with E-state index in [1.54, 1.807) is 28.4 Å². The van der Waals surface area contributed by atoms with Crippen LogP contribution in [-0.2, 0) is 10.8 Å². The van der Waals surface area contributed by atoms with Crippen molar-refractivity contribution in [2.75, 3.05) is 28.4 Å². The van der Waals surface area contributed by atoms with Crippen molar-refractivity contribution in [3.63, 3.8) is 0 Å². The van der Waals surface area contributed by atoms with Crippen LogP contribution in [0.2, 0.25) is 0 Å². The van der Waals surface area contributed by atoms with E-state index in [1.807, 2.05) is 36.4 Å². The lowest BCUT2D eigenvalue weighted by Crippen LogP contribution is -2.34. The molecule has 2 aromatic rings. The van der Waals surface area contributed by atoms with Crippen LogP contribution in [0.15, 0.2) is 36.4 Å². The largest absolute Gasteiger partial charge is 0.493 e.